The molecule has 24 heavy (non-hydrogen) atoms. The normalized spacial score (nSPS) is 9.92. The third kappa shape index (κ3) is 4.95. The second kappa shape index (κ2) is 7.92. The molecule has 0 atom stereocenters. The van der Waals surface area contributed by atoms with Crippen LogP contribution in [0, 0.1) is 6.92 Å². The summed E-state index contributed by atoms with van der Waals surface area (Å²) >= 11 is 0. The maximum atomic E-state index is 12.1. The highest BCUT2D eigenvalue weighted by Crippen LogP contribution is 2.16. The van der Waals surface area contributed by atoms with Crippen molar-refractivity contribution in [2.45, 2.75) is 13.8 Å². The Morgan fingerprint density at radius 1 is 1.04 bits per heavy atom. The molecule has 0 heterocycles. The standard InChI is InChI=1S/C18H18N2O4/c1-12-6-3-4-9-16(12)24-17(22)11-19-18(23)14-7-5-8-15(10-14)20-13(2)21/h3-10H,11H2,1-2H3,(H,19,23)(H,20,21). The molecule has 0 radical (unpaired) electrons. The van der Waals surface area contributed by atoms with Crippen molar-refractivity contribution < 1.29 is 19.1 Å². The summed E-state index contributed by atoms with van der Waals surface area (Å²) in [6.45, 7) is 2.96. The van der Waals surface area contributed by atoms with Crippen molar-refractivity contribution >= 4 is 23.5 Å². The second-order valence-electron chi connectivity index (χ2n) is 5.18. The van der Waals surface area contributed by atoms with Gasteiger partial charge in [-0.25, -0.2) is 4.79 Å². The van der Waals surface area contributed by atoms with Crippen LogP contribution in [0.5, 0.6) is 5.75 Å². The number of nitrogens with one attached hydrogen (secondary N) is 2. The lowest BCUT2D eigenvalue weighted by Gasteiger charge is -2.09. The largest absolute Gasteiger partial charge is 0.425 e. The molecule has 0 unspecified atom stereocenters. The lowest BCUT2D eigenvalue weighted by Crippen LogP contribution is -2.32. The number of anilines is 1. The van der Waals surface area contributed by atoms with E-state index in [0.29, 0.717) is 17.0 Å². The van der Waals surface area contributed by atoms with Gasteiger partial charge < -0.3 is 15.4 Å². The summed E-state index contributed by atoms with van der Waals surface area (Å²) in [5.74, 6) is -0.752. The Kier molecular flexibility index (Phi) is 5.68. The Morgan fingerprint density at radius 2 is 1.79 bits per heavy atom. The highest BCUT2D eigenvalue weighted by molar-refractivity contribution is 5.98. The SMILES string of the molecule is CC(=O)Nc1cccc(C(=O)NCC(=O)Oc2ccccc2C)c1. The first-order chi connectivity index (χ1) is 11.5. The van der Waals surface area contributed by atoms with Gasteiger partial charge in [-0.15, -0.1) is 0 Å². The predicted molar refractivity (Wildman–Crippen MR) is 89.9 cm³/mol. The molecule has 0 saturated heterocycles. The quantitative estimate of drug-likeness (QED) is 0.652. The van der Waals surface area contributed by atoms with E-state index in [1.54, 1.807) is 30.3 Å². The highest BCUT2D eigenvalue weighted by Gasteiger charge is 2.11. The first-order valence-corrected chi connectivity index (χ1v) is 7.38. The second-order valence-corrected chi connectivity index (χ2v) is 5.18. The molecule has 0 aliphatic rings. The molecule has 0 saturated carbocycles. The zero-order valence-electron chi connectivity index (χ0n) is 13.5. The molecule has 0 aliphatic heterocycles. The van der Waals surface area contributed by atoms with E-state index >= 15 is 0 Å². The zero-order valence-corrected chi connectivity index (χ0v) is 13.5. The number of carbonyl (C=O) groups excluding carboxylic acids is 3. The Morgan fingerprint density at radius 3 is 2.50 bits per heavy atom. The average molecular weight is 326 g/mol. The molecule has 0 aliphatic carbocycles. The number of para-hydroxylation sites is 1. The molecule has 2 amide bonds. The summed E-state index contributed by atoms with van der Waals surface area (Å²) in [7, 11) is 0. The number of benzene rings is 2. The van der Waals surface area contributed by atoms with Gasteiger partial charge in [0.25, 0.3) is 5.91 Å². The Hall–Kier alpha value is -3.15. The van der Waals surface area contributed by atoms with Crippen molar-refractivity contribution in [3.8, 4) is 5.75 Å². The van der Waals surface area contributed by atoms with Crippen molar-refractivity contribution in [2.75, 3.05) is 11.9 Å². The molecule has 0 aromatic heterocycles. The van der Waals surface area contributed by atoms with Crippen molar-refractivity contribution in [2.24, 2.45) is 0 Å². The minimum atomic E-state index is -0.560. The lowest BCUT2D eigenvalue weighted by atomic mass is 10.2. The van der Waals surface area contributed by atoms with Gasteiger partial charge in [0, 0.05) is 18.2 Å². The summed E-state index contributed by atoms with van der Waals surface area (Å²) in [4.78, 5) is 34.9. The van der Waals surface area contributed by atoms with Gasteiger partial charge in [0.05, 0.1) is 0 Å². The summed E-state index contributed by atoms with van der Waals surface area (Å²) < 4.78 is 5.20. The predicted octanol–water partition coefficient (Wildman–Crippen LogP) is 2.29. The van der Waals surface area contributed by atoms with Gasteiger partial charge in [-0.3, -0.25) is 9.59 Å². The molecule has 0 bridgehead atoms. The molecule has 124 valence electrons. The van der Waals surface area contributed by atoms with Crippen molar-refractivity contribution in [3.05, 3.63) is 59.7 Å². The fourth-order valence-electron chi connectivity index (χ4n) is 2.03. The molecule has 0 fully saturated rings. The fraction of sp³-hybridized carbons (Fsp3) is 0.167. The summed E-state index contributed by atoms with van der Waals surface area (Å²) in [6, 6.07) is 13.6. The Balaban J connectivity index is 1.92. The topological polar surface area (TPSA) is 84.5 Å². The maximum Gasteiger partial charge on any atom is 0.330 e. The first-order valence-electron chi connectivity index (χ1n) is 7.38. The number of amides is 2. The van der Waals surface area contributed by atoms with Crippen LogP contribution in [0.2, 0.25) is 0 Å². The summed E-state index contributed by atoms with van der Waals surface area (Å²) in [5, 5.41) is 5.09. The fourth-order valence-corrected chi connectivity index (χ4v) is 2.03. The first kappa shape index (κ1) is 17.2. The van der Waals surface area contributed by atoms with Gasteiger partial charge in [0.15, 0.2) is 0 Å². The number of aryl methyl sites for hydroxylation is 1. The van der Waals surface area contributed by atoms with Crippen LogP contribution in [0.1, 0.15) is 22.8 Å². The summed E-state index contributed by atoms with van der Waals surface area (Å²) in [6.07, 6.45) is 0. The van der Waals surface area contributed by atoms with E-state index in [-0.39, 0.29) is 12.5 Å². The van der Waals surface area contributed by atoms with Gasteiger partial charge in [-0.1, -0.05) is 24.3 Å². The van der Waals surface area contributed by atoms with Crippen molar-refractivity contribution in [1.29, 1.82) is 0 Å². The third-order valence-corrected chi connectivity index (χ3v) is 3.16. The van der Waals surface area contributed by atoms with Crippen LogP contribution in [-0.2, 0) is 9.59 Å². The van der Waals surface area contributed by atoms with Gasteiger partial charge in [-0.05, 0) is 36.8 Å². The van der Waals surface area contributed by atoms with Crippen LogP contribution >= 0.6 is 0 Å². The summed E-state index contributed by atoms with van der Waals surface area (Å²) in [5.41, 5.74) is 1.68. The molecule has 0 spiro atoms. The van der Waals surface area contributed by atoms with E-state index in [9.17, 15) is 14.4 Å². The monoisotopic (exact) mass is 326 g/mol. The Labute approximate surface area is 139 Å². The number of rotatable bonds is 5. The van der Waals surface area contributed by atoms with E-state index in [1.807, 2.05) is 19.1 Å². The minimum Gasteiger partial charge on any atom is -0.425 e. The van der Waals surface area contributed by atoms with Crippen LogP contribution in [-0.4, -0.2) is 24.3 Å². The van der Waals surface area contributed by atoms with Gasteiger partial charge in [0.1, 0.15) is 12.3 Å². The molecule has 2 N–H and O–H groups in total. The number of hydrogen-bond donors (Lipinski definition) is 2. The molecule has 2 aromatic rings. The number of ether oxygens (including phenoxy) is 1. The van der Waals surface area contributed by atoms with Gasteiger partial charge in [0.2, 0.25) is 5.91 Å². The van der Waals surface area contributed by atoms with Crippen LogP contribution in [0.15, 0.2) is 48.5 Å². The molecular weight excluding hydrogens is 308 g/mol. The highest BCUT2D eigenvalue weighted by atomic mass is 16.5. The van der Waals surface area contributed by atoms with E-state index in [4.69, 9.17) is 4.74 Å². The average Bonchev–Trinajstić information content (AvgIpc) is 2.54. The van der Waals surface area contributed by atoms with Crippen LogP contribution < -0.4 is 15.4 Å². The Bertz CT molecular complexity index is 771. The molecule has 2 rings (SSSR count). The van der Waals surface area contributed by atoms with Gasteiger partial charge in [-0.2, -0.15) is 0 Å². The van der Waals surface area contributed by atoms with Crippen molar-refractivity contribution in [3.63, 3.8) is 0 Å². The zero-order chi connectivity index (χ0) is 17.5. The molecule has 6 heteroatoms. The van der Waals surface area contributed by atoms with E-state index in [0.717, 1.165) is 5.56 Å². The number of esters is 1. The van der Waals surface area contributed by atoms with Crippen molar-refractivity contribution in [1.82, 2.24) is 5.32 Å². The number of hydrogen-bond acceptors (Lipinski definition) is 4. The van der Waals surface area contributed by atoms with Crippen LogP contribution in [0.3, 0.4) is 0 Å². The van der Waals surface area contributed by atoms with Crippen LogP contribution in [0.4, 0.5) is 5.69 Å². The lowest BCUT2D eigenvalue weighted by molar-refractivity contribution is -0.133. The molecule has 6 nitrogen and oxygen atoms in total. The molecule has 2 aromatic carbocycles. The third-order valence-electron chi connectivity index (χ3n) is 3.16. The molecular formula is C18H18N2O4. The van der Waals surface area contributed by atoms with E-state index in [1.165, 1.54) is 13.0 Å². The van der Waals surface area contributed by atoms with Crippen LogP contribution in [0.25, 0.3) is 0 Å². The maximum absolute atomic E-state index is 12.1. The number of carbonyl (C=O) groups is 3. The van der Waals surface area contributed by atoms with E-state index < -0.39 is 11.9 Å². The smallest absolute Gasteiger partial charge is 0.330 e. The van der Waals surface area contributed by atoms with E-state index in [2.05, 4.69) is 10.6 Å². The minimum absolute atomic E-state index is 0.227. The van der Waals surface area contributed by atoms with Gasteiger partial charge >= 0.3 is 5.97 Å².